The largest absolute Gasteiger partial charge is 0.390 e. The number of aliphatic hydroxyl groups is 1. The zero-order chi connectivity index (χ0) is 18.8. The quantitative estimate of drug-likeness (QED) is 0.505. The molecule has 2 aromatic heterocycles. The van der Waals surface area contributed by atoms with Gasteiger partial charge in [-0.2, -0.15) is 0 Å². The summed E-state index contributed by atoms with van der Waals surface area (Å²) in [6.07, 6.45) is -1.09. The van der Waals surface area contributed by atoms with Crippen molar-refractivity contribution in [1.29, 1.82) is 0 Å². The number of rotatable bonds is 6. The first-order valence-corrected chi connectivity index (χ1v) is 9.93. The maximum Gasteiger partial charge on any atom is 0.263 e. The molecule has 0 aliphatic carbocycles. The number of benzene rings is 1. The summed E-state index contributed by atoms with van der Waals surface area (Å²) in [5.74, 6) is -0.205. The average Bonchev–Trinajstić information content (AvgIpc) is 2.96. The van der Waals surface area contributed by atoms with Crippen LogP contribution in [-0.4, -0.2) is 33.2 Å². The summed E-state index contributed by atoms with van der Waals surface area (Å²) in [4.78, 5) is 19.2. The molecule has 0 bridgehead atoms. The molecule has 4 nitrogen and oxygen atoms in total. The van der Waals surface area contributed by atoms with Crippen LogP contribution in [0.15, 0.2) is 34.2 Å². The fraction of sp³-hybridized carbons (Fsp3) is 0.333. The van der Waals surface area contributed by atoms with Crippen LogP contribution in [0, 0.1) is 12.7 Å². The van der Waals surface area contributed by atoms with Crippen molar-refractivity contribution in [2.75, 3.05) is 12.4 Å². The van der Waals surface area contributed by atoms with Gasteiger partial charge in [-0.3, -0.25) is 9.36 Å². The third-order valence-corrected chi connectivity index (χ3v) is 6.11. The van der Waals surface area contributed by atoms with Crippen molar-refractivity contribution in [3.63, 3.8) is 0 Å². The van der Waals surface area contributed by atoms with E-state index >= 15 is 0 Å². The van der Waals surface area contributed by atoms with Gasteiger partial charge in [-0.05, 0) is 31.5 Å². The Kier molecular flexibility index (Phi) is 5.74. The van der Waals surface area contributed by atoms with Gasteiger partial charge in [-0.25, -0.2) is 13.8 Å². The van der Waals surface area contributed by atoms with Crippen molar-refractivity contribution in [2.45, 2.75) is 31.7 Å². The molecule has 1 N–H and O–H groups in total. The zero-order valence-corrected chi connectivity index (χ0v) is 16.0. The minimum Gasteiger partial charge on any atom is -0.390 e. The molecule has 0 aliphatic heterocycles. The van der Waals surface area contributed by atoms with Gasteiger partial charge in [0.25, 0.3) is 5.56 Å². The van der Waals surface area contributed by atoms with E-state index in [1.54, 1.807) is 12.1 Å². The first kappa shape index (κ1) is 19.0. The number of aromatic nitrogens is 2. The van der Waals surface area contributed by atoms with E-state index in [4.69, 9.17) is 0 Å². The van der Waals surface area contributed by atoms with Gasteiger partial charge < -0.3 is 5.11 Å². The first-order valence-electron chi connectivity index (χ1n) is 8.13. The maximum absolute atomic E-state index is 13.2. The normalized spacial score (nSPS) is 12.7. The van der Waals surface area contributed by atoms with Crippen molar-refractivity contribution in [3.8, 4) is 11.1 Å². The van der Waals surface area contributed by atoms with E-state index in [9.17, 15) is 18.7 Å². The molecule has 0 saturated heterocycles. The molecule has 3 aromatic rings. The van der Waals surface area contributed by atoms with E-state index in [0.29, 0.717) is 21.9 Å². The van der Waals surface area contributed by atoms with Crippen molar-refractivity contribution >= 4 is 33.3 Å². The monoisotopic (exact) mass is 396 g/mol. The molecule has 0 spiro atoms. The number of hydrogen-bond donors (Lipinski definition) is 1. The lowest BCUT2D eigenvalue weighted by Gasteiger charge is -2.11. The van der Waals surface area contributed by atoms with Gasteiger partial charge in [0, 0.05) is 22.7 Å². The second-order valence-corrected chi connectivity index (χ2v) is 7.97. The van der Waals surface area contributed by atoms with Gasteiger partial charge in [-0.1, -0.05) is 23.9 Å². The van der Waals surface area contributed by atoms with Crippen LogP contribution in [0.2, 0.25) is 0 Å². The lowest BCUT2D eigenvalue weighted by atomic mass is 10.0. The van der Waals surface area contributed by atoms with Gasteiger partial charge in [0.2, 0.25) is 0 Å². The number of aryl methyl sites for hydroxylation is 1. The number of hydrogen-bond acceptors (Lipinski definition) is 5. The van der Waals surface area contributed by atoms with E-state index in [1.165, 1.54) is 39.8 Å². The van der Waals surface area contributed by atoms with Crippen molar-refractivity contribution in [2.24, 2.45) is 0 Å². The predicted octanol–water partition coefficient (Wildman–Crippen LogP) is 4.01. The van der Waals surface area contributed by atoms with Crippen LogP contribution in [0.25, 0.3) is 21.3 Å². The molecule has 3 rings (SSSR count). The molecule has 1 atom stereocenters. The Morgan fingerprint density at radius 1 is 1.35 bits per heavy atom. The number of thiophene rings is 1. The molecular formula is C18H18F2N2O2S2. The summed E-state index contributed by atoms with van der Waals surface area (Å²) < 4.78 is 27.3. The molecule has 1 aromatic carbocycles. The topological polar surface area (TPSA) is 55.1 Å². The van der Waals surface area contributed by atoms with Crippen molar-refractivity contribution in [3.05, 3.63) is 45.3 Å². The van der Waals surface area contributed by atoms with Gasteiger partial charge in [0.05, 0.1) is 11.5 Å². The molecule has 0 saturated carbocycles. The van der Waals surface area contributed by atoms with Gasteiger partial charge in [-0.15, -0.1) is 11.3 Å². The highest BCUT2D eigenvalue weighted by Crippen LogP contribution is 2.36. The highest BCUT2D eigenvalue weighted by molar-refractivity contribution is 7.99. The minimum atomic E-state index is -1.09. The van der Waals surface area contributed by atoms with Crippen LogP contribution in [0.1, 0.15) is 11.8 Å². The molecular weight excluding hydrogens is 378 g/mol. The summed E-state index contributed by atoms with van der Waals surface area (Å²) in [6, 6.07) is 6.04. The molecule has 1 unspecified atom stereocenters. The number of aliphatic hydroxyl groups excluding tert-OH is 1. The summed E-state index contributed by atoms with van der Waals surface area (Å²) in [6.45, 7) is 3.31. The van der Waals surface area contributed by atoms with Gasteiger partial charge >= 0.3 is 0 Å². The molecule has 138 valence electrons. The SMILES string of the molecule is CCn1c(SCC(O)CF)nc2sc(C)c(-c3ccc(F)cc3)c2c1=O. The summed E-state index contributed by atoms with van der Waals surface area (Å²) >= 11 is 2.56. The summed E-state index contributed by atoms with van der Waals surface area (Å²) in [5.41, 5.74) is 1.36. The molecule has 0 aliphatic rings. The van der Waals surface area contributed by atoms with E-state index in [-0.39, 0.29) is 17.1 Å². The zero-order valence-electron chi connectivity index (χ0n) is 14.3. The summed E-state index contributed by atoms with van der Waals surface area (Å²) in [5, 5.41) is 10.4. The number of fused-ring (bicyclic) bond motifs is 1. The van der Waals surface area contributed by atoms with Gasteiger partial charge in [0.1, 0.15) is 17.3 Å². The Bertz CT molecular complexity index is 984. The van der Waals surface area contributed by atoms with Crippen molar-refractivity contribution in [1.82, 2.24) is 9.55 Å². The average molecular weight is 396 g/mol. The molecule has 2 heterocycles. The van der Waals surface area contributed by atoms with Crippen LogP contribution in [-0.2, 0) is 6.54 Å². The van der Waals surface area contributed by atoms with Crippen LogP contribution < -0.4 is 5.56 Å². The van der Waals surface area contributed by atoms with Crippen LogP contribution in [0.4, 0.5) is 8.78 Å². The van der Waals surface area contributed by atoms with Crippen LogP contribution in [0.3, 0.4) is 0 Å². The van der Waals surface area contributed by atoms with E-state index in [0.717, 1.165) is 16.0 Å². The Labute approximate surface area is 157 Å². The molecule has 8 heteroatoms. The fourth-order valence-electron chi connectivity index (χ4n) is 2.74. The second-order valence-electron chi connectivity index (χ2n) is 5.78. The van der Waals surface area contributed by atoms with Crippen LogP contribution >= 0.6 is 23.1 Å². The van der Waals surface area contributed by atoms with E-state index in [2.05, 4.69) is 4.98 Å². The number of halogens is 2. The Balaban J connectivity index is 2.17. The summed E-state index contributed by atoms with van der Waals surface area (Å²) in [7, 11) is 0. The number of alkyl halides is 1. The molecule has 0 radical (unpaired) electrons. The van der Waals surface area contributed by atoms with E-state index < -0.39 is 12.8 Å². The van der Waals surface area contributed by atoms with E-state index in [1.807, 2.05) is 13.8 Å². The lowest BCUT2D eigenvalue weighted by molar-refractivity contribution is 0.162. The second kappa shape index (κ2) is 7.85. The highest BCUT2D eigenvalue weighted by Gasteiger charge is 2.20. The minimum absolute atomic E-state index is 0.129. The van der Waals surface area contributed by atoms with Gasteiger partial charge in [0.15, 0.2) is 5.16 Å². The predicted molar refractivity (Wildman–Crippen MR) is 102 cm³/mol. The Morgan fingerprint density at radius 3 is 2.65 bits per heavy atom. The molecule has 0 amide bonds. The molecule has 0 fully saturated rings. The number of thioether (sulfide) groups is 1. The van der Waals surface area contributed by atoms with Crippen LogP contribution in [0.5, 0.6) is 0 Å². The Hall–Kier alpha value is -1.77. The Morgan fingerprint density at radius 2 is 2.04 bits per heavy atom. The maximum atomic E-state index is 13.2. The highest BCUT2D eigenvalue weighted by atomic mass is 32.2. The lowest BCUT2D eigenvalue weighted by Crippen LogP contribution is -2.23. The molecule has 26 heavy (non-hydrogen) atoms. The third kappa shape index (κ3) is 3.54. The number of nitrogens with zero attached hydrogens (tertiary/aromatic N) is 2. The first-order chi connectivity index (χ1) is 12.5. The smallest absolute Gasteiger partial charge is 0.263 e. The third-order valence-electron chi connectivity index (χ3n) is 3.98. The van der Waals surface area contributed by atoms with Crippen molar-refractivity contribution < 1.29 is 13.9 Å². The standard InChI is InChI=1S/C18H18F2N2O2S2/c1-3-22-17(24)15-14(11-4-6-12(20)7-5-11)10(2)26-16(15)21-18(22)25-9-13(23)8-19/h4-7,13,23H,3,8-9H2,1-2H3. The fourth-order valence-corrected chi connectivity index (χ4v) is 4.79.